The first-order valence-electron chi connectivity index (χ1n) is 9.63. The summed E-state index contributed by atoms with van der Waals surface area (Å²) in [5, 5.41) is 0. The molecule has 3 aromatic rings. The normalized spacial score (nSPS) is 17.0. The maximum absolute atomic E-state index is 12.8. The van der Waals surface area contributed by atoms with Gasteiger partial charge in [-0.15, -0.1) is 0 Å². The summed E-state index contributed by atoms with van der Waals surface area (Å²) < 4.78 is 5.66. The Kier molecular flexibility index (Phi) is 4.86. The van der Waals surface area contributed by atoms with E-state index in [1.807, 2.05) is 49.4 Å². The number of oxazole rings is 1. The van der Waals surface area contributed by atoms with Gasteiger partial charge in [-0.3, -0.25) is 9.59 Å². The summed E-state index contributed by atoms with van der Waals surface area (Å²) in [5.41, 5.74) is 9.67. The molecule has 4 rings (SSSR count). The average Bonchev–Trinajstić information content (AvgIpc) is 3.16. The van der Waals surface area contributed by atoms with E-state index in [0.717, 1.165) is 47.4 Å². The Hall–Kier alpha value is -3.15. The van der Waals surface area contributed by atoms with Crippen LogP contribution in [-0.2, 0) is 11.2 Å². The summed E-state index contributed by atoms with van der Waals surface area (Å²) in [6.07, 6.45) is 2.31. The molecule has 28 heavy (non-hydrogen) atoms. The molecule has 1 aliphatic heterocycles. The molecule has 6 heteroatoms. The molecule has 1 fully saturated rings. The van der Waals surface area contributed by atoms with Gasteiger partial charge in [-0.2, -0.15) is 0 Å². The highest BCUT2D eigenvalue weighted by molar-refractivity contribution is 5.95. The molecule has 2 heterocycles. The number of hydrogen-bond donors (Lipinski definition) is 1. The predicted octanol–water partition coefficient (Wildman–Crippen LogP) is 3.39. The summed E-state index contributed by atoms with van der Waals surface area (Å²) in [6, 6.07) is 13.4. The lowest BCUT2D eigenvalue weighted by atomic mass is 9.96. The van der Waals surface area contributed by atoms with Crippen LogP contribution in [0.1, 0.15) is 36.0 Å². The summed E-state index contributed by atoms with van der Waals surface area (Å²) >= 11 is 0. The minimum absolute atomic E-state index is 0.0583. The highest BCUT2D eigenvalue weighted by atomic mass is 16.3. The number of benzene rings is 2. The lowest BCUT2D eigenvalue weighted by Crippen LogP contribution is -2.44. The fourth-order valence-corrected chi connectivity index (χ4v) is 3.69. The molecule has 0 radical (unpaired) electrons. The van der Waals surface area contributed by atoms with Crippen molar-refractivity contribution in [1.82, 2.24) is 9.88 Å². The highest BCUT2D eigenvalue weighted by Gasteiger charge is 2.27. The van der Waals surface area contributed by atoms with Crippen LogP contribution in [0.2, 0.25) is 0 Å². The first-order valence-corrected chi connectivity index (χ1v) is 9.63. The molecule has 0 bridgehead atoms. The third-order valence-corrected chi connectivity index (χ3v) is 5.31. The van der Waals surface area contributed by atoms with Crippen LogP contribution in [0.5, 0.6) is 0 Å². The average molecular weight is 377 g/mol. The summed E-state index contributed by atoms with van der Waals surface area (Å²) in [4.78, 5) is 30.4. The van der Waals surface area contributed by atoms with Crippen LogP contribution in [0.4, 0.5) is 0 Å². The number of nitrogens with two attached hydrogens (primary N) is 1. The van der Waals surface area contributed by atoms with Crippen molar-refractivity contribution in [1.29, 1.82) is 0 Å². The van der Waals surface area contributed by atoms with Gasteiger partial charge in [-0.05, 0) is 48.2 Å². The summed E-state index contributed by atoms with van der Waals surface area (Å²) in [6.45, 7) is 3.07. The number of primary amides is 1. The van der Waals surface area contributed by atoms with E-state index in [1.54, 1.807) is 4.90 Å². The SMILES string of the molecule is CCc1nc2cc(-c3ccc(C(=O)N4CCCC(C(N)=O)C4)cc3)ccc2o1. The van der Waals surface area contributed by atoms with Gasteiger partial charge in [-0.25, -0.2) is 4.98 Å². The number of nitrogens with zero attached hydrogens (tertiary/aromatic N) is 2. The van der Waals surface area contributed by atoms with E-state index >= 15 is 0 Å². The topological polar surface area (TPSA) is 89.4 Å². The predicted molar refractivity (Wildman–Crippen MR) is 107 cm³/mol. The Morgan fingerprint density at radius 1 is 1.18 bits per heavy atom. The standard InChI is InChI=1S/C22H23N3O3/c1-2-20-24-18-12-16(9-10-19(18)28-20)14-5-7-15(8-6-14)22(27)25-11-3-4-17(13-25)21(23)26/h5-10,12,17H,2-4,11,13H2,1H3,(H2,23,26). The van der Waals surface area contributed by atoms with E-state index in [0.29, 0.717) is 18.7 Å². The van der Waals surface area contributed by atoms with Gasteiger partial charge in [0.2, 0.25) is 5.91 Å². The molecule has 2 aromatic carbocycles. The number of likely N-dealkylation sites (tertiary alicyclic amines) is 1. The summed E-state index contributed by atoms with van der Waals surface area (Å²) in [5.74, 6) is 0.0856. The van der Waals surface area contributed by atoms with Crippen LogP contribution >= 0.6 is 0 Å². The monoisotopic (exact) mass is 377 g/mol. The van der Waals surface area contributed by atoms with Gasteiger partial charge in [0, 0.05) is 25.1 Å². The van der Waals surface area contributed by atoms with Crippen LogP contribution < -0.4 is 5.73 Å². The zero-order chi connectivity index (χ0) is 19.7. The van der Waals surface area contributed by atoms with Crippen molar-refractivity contribution in [3.8, 4) is 11.1 Å². The summed E-state index contributed by atoms with van der Waals surface area (Å²) in [7, 11) is 0. The van der Waals surface area contributed by atoms with Crippen molar-refractivity contribution in [3.63, 3.8) is 0 Å². The van der Waals surface area contributed by atoms with Crippen LogP contribution in [0.15, 0.2) is 46.9 Å². The smallest absolute Gasteiger partial charge is 0.253 e. The molecular weight excluding hydrogens is 354 g/mol. The van der Waals surface area contributed by atoms with Gasteiger partial charge in [0.05, 0.1) is 5.92 Å². The first-order chi connectivity index (χ1) is 13.5. The van der Waals surface area contributed by atoms with Gasteiger partial charge >= 0.3 is 0 Å². The minimum atomic E-state index is -0.331. The minimum Gasteiger partial charge on any atom is -0.441 e. The van der Waals surface area contributed by atoms with Gasteiger partial charge in [0.1, 0.15) is 5.52 Å². The number of carbonyl (C=O) groups excluding carboxylic acids is 2. The Morgan fingerprint density at radius 3 is 2.64 bits per heavy atom. The fourth-order valence-electron chi connectivity index (χ4n) is 3.69. The van der Waals surface area contributed by atoms with Gasteiger partial charge in [0.15, 0.2) is 11.5 Å². The van der Waals surface area contributed by atoms with Crippen molar-refractivity contribution in [2.45, 2.75) is 26.2 Å². The molecule has 1 aromatic heterocycles. The number of hydrogen-bond acceptors (Lipinski definition) is 4. The molecule has 0 aliphatic carbocycles. The number of aryl methyl sites for hydroxylation is 1. The third-order valence-electron chi connectivity index (χ3n) is 5.31. The molecule has 0 spiro atoms. The van der Waals surface area contributed by atoms with Crippen molar-refractivity contribution in [2.75, 3.05) is 13.1 Å². The van der Waals surface area contributed by atoms with Gasteiger partial charge in [-0.1, -0.05) is 25.1 Å². The number of fused-ring (bicyclic) bond motifs is 1. The van der Waals surface area contributed by atoms with Gasteiger partial charge in [0.25, 0.3) is 5.91 Å². The Morgan fingerprint density at radius 2 is 1.93 bits per heavy atom. The molecule has 0 saturated carbocycles. The maximum atomic E-state index is 12.8. The van der Waals surface area contributed by atoms with E-state index in [-0.39, 0.29) is 17.7 Å². The lowest BCUT2D eigenvalue weighted by Gasteiger charge is -2.31. The van der Waals surface area contributed by atoms with E-state index in [9.17, 15) is 9.59 Å². The van der Waals surface area contributed by atoms with E-state index in [1.165, 1.54) is 0 Å². The quantitative estimate of drug-likeness (QED) is 0.755. The number of aromatic nitrogens is 1. The Bertz CT molecular complexity index is 1020. The van der Waals surface area contributed by atoms with Gasteiger partial charge < -0.3 is 15.1 Å². The van der Waals surface area contributed by atoms with Crippen molar-refractivity contribution in [3.05, 3.63) is 53.9 Å². The highest BCUT2D eigenvalue weighted by Crippen LogP contribution is 2.26. The van der Waals surface area contributed by atoms with Crippen LogP contribution in [-0.4, -0.2) is 34.8 Å². The number of piperidine rings is 1. The van der Waals surface area contributed by atoms with Crippen LogP contribution in [0, 0.1) is 5.92 Å². The fraction of sp³-hybridized carbons (Fsp3) is 0.318. The van der Waals surface area contributed by atoms with E-state index < -0.39 is 0 Å². The zero-order valence-electron chi connectivity index (χ0n) is 15.9. The molecular formula is C22H23N3O3. The second-order valence-electron chi connectivity index (χ2n) is 7.21. The number of amides is 2. The van der Waals surface area contributed by atoms with Crippen molar-refractivity contribution >= 4 is 22.9 Å². The largest absolute Gasteiger partial charge is 0.441 e. The molecule has 2 amide bonds. The third kappa shape index (κ3) is 3.50. The maximum Gasteiger partial charge on any atom is 0.253 e. The molecule has 1 saturated heterocycles. The molecule has 6 nitrogen and oxygen atoms in total. The molecule has 1 unspecified atom stereocenters. The molecule has 1 atom stereocenters. The molecule has 2 N–H and O–H groups in total. The zero-order valence-corrected chi connectivity index (χ0v) is 15.9. The lowest BCUT2D eigenvalue weighted by molar-refractivity contribution is -0.123. The number of rotatable bonds is 4. The molecule has 1 aliphatic rings. The first kappa shape index (κ1) is 18.2. The van der Waals surface area contributed by atoms with Crippen LogP contribution in [0.3, 0.4) is 0 Å². The Labute approximate surface area is 163 Å². The Balaban J connectivity index is 1.53. The second kappa shape index (κ2) is 7.46. The second-order valence-corrected chi connectivity index (χ2v) is 7.21. The van der Waals surface area contributed by atoms with Crippen molar-refractivity contribution in [2.24, 2.45) is 11.7 Å². The molecule has 144 valence electrons. The number of carbonyl (C=O) groups is 2. The van der Waals surface area contributed by atoms with E-state index in [4.69, 9.17) is 10.2 Å². The van der Waals surface area contributed by atoms with Crippen molar-refractivity contribution < 1.29 is 14.0 Å². The van der Waals surface area contributed by atoms with E-state index in [2.05, 4.69) is 4.98 Å². The van der Waals surface area contributed by atoms with Crippen LogP contribution in [0.25, 0.3) is 22.2 Å².